The van der Waals surface area contributed by atoms with E-state index in [1.54, 1.807) is 18.2 Å². The first-order chi connectivity index (χ1) is 13.1. The zero-order valence-electron chi connectivity index (χ0n) is 14.0. The topological polar surface area (TPSA) is 50.1 Å². The van der Waals surface area contributed by atoms with E-state index < -0.39 is 17.6 Å². The maximum Gasteiger partial charge on any atom is 0.346 e. The predicted octanol–water partition coefficient (Wildman–Crippen LogP) is 5.25. The minimum atomic E-state index is -0.830. The summed E-state index contributed by atoms with van der Waals surface area (Å²) in [6.07, 6.45) is 1.48. The molecule has 0 N–H and O–H groups in total. The van der Waals surface area contributed by atoms with Crippen molar-refractivity contribution in [3.8, 4) is 11.8 Å². The summed E-state index contributed by atoms with van der Waals surface area (Å²) >= 11 is 0. The third-order valence-corrected chi connectivity index (χ3v) is 3.76. The molecule has 0 amide bonds. The molecule has 0 bridgehead atoms. The zero-order chi connectivity index (χ0) is 19.2. The second kappa shape index (κ2) is 8.07. The van der Waals surface area contributed by atoms with Gasteiger partial charge in [0.1, 0.15) is 17.4 Å². The van der Waals surface area contributed by atoms with Crippen LogP contribution >= 0.6 is 0 Å². The van der Waals surface area contributed by atoms with Crippen LogP contribution in [-0.4, -0.2) is 5.97 Å². The second-order valence-electron chi connectivity index (χ2n) is 5.59. The molecule has 5 heteroatoms. The molecule has 0 unspecified atom stereocenters. The zero-order valence-corrected chi connectivity index (χ0v) is 14.0. The van der Waals surface area contributed by atoms with Crippen LogP contribution in [0.5, 0.6) is 5.75 Å². The van der Waals surface area contributed by atoms with Crippen LogP contribution < -0.4 is 4.74 Å². The van der Waals surface area contributed by atoms with E-state index in [0.29, 0.717) is 5.56 Å². The van der Waals surface area contributed by atoms with Gasteiger partial charge in [-0.25, -0.2) is 13.6 Å². The fourth-order valence-corrected chi connectivity index (χ4v) is 2.47. The fraction of sp³-hybridized carbons (Fsp3) is 0. The molecule has 0 aliphatic rings. The van der Waals surface area contributed by atoms with Crippen LogP contribution in [-0.2, 0) is 0 Å². The Balaban J connectivity index is 1.87. The maximum absolute atomic E-state index is 13.9. The molecule has 0 heterocycles. The molecule has 0 fully saturated rings. The molecule has 27 heavy (non-hydrogen) atoms. The van der Waals surface area contributed by atoms with E-state index in [4.69, 9.17) is 4.74 Å². The molecule has 0 saturated heterocycles. The lowest BCUT2D eigenvalue weighted by Gasteiger charge is -2.06. The van der Waals surface area contributed by atoms with Crippen molar-refractivity contribution in [1.29, 1.82) is 5.26 Å². The largest absolute Gasteiger partial charge is 0.423 e. The summed E-state index contributed by atoms with van der Waals surface area (Å²) in [5.41, 5.74) is 0.663. The standard InChI is InChI=1S/C22H13F2NO2/c23-20-10-3-1-8-18(20)16(14-25)12-15-6-5-7-17(13-15)27-22(26)19-9-2-4-11-21(19)24/h1-13H/b16-12-. The molecule has 0 aliphatic carbocycles. The van der Waals surface area contributed by atoms with Crippen LogP contribution in [0.2, 0.25) is 0 Å². The fourth-order valence-electron chi connectivity index (χ4n) is 2.47. The first-order valence-corrected chi connectivity index (χ1v) is 8.02. The molecule has 0 saturated carbocycles. The third-order valence-electron chi connectivity index (χ3n) is 3.76. The van der Waals surface area contributed by atoms with Crippen molar-refractivity contribution in [2.75, 3.05) is 0 Å². The molecule has 0 aliphatic heterocycles. The summed E-state index contributed by atoms with van der Waals surface area (Å²) in [7, 11) is 0. The summed E-state index contributed by atoms with van der Waals surface area (Å²) < 4.78 is 32.8. The number of esters is 1. The van der Waals surface area contributed by atoms with Gasteiger partial charge in [0.15, 0.2) is 0 Å². The minimum Gasteiger partial charge on any atom is -0.423 e. The van der Waals surface area contributed by atoms with Crippen molar-refractivity contribution >= 4 is 17.6 Å². The van der Waals surface area contributed by atoms with Crippen molar-refractivity contribution < 1.29 is 18.3 Å². The molecule has 3 aromatic carbocycles. The highest BCUT2D eigenvalue weighted by Gasteiger charge is 2.13. The SMILES string of the molecule is N#C/C(=C/c1cccc(OC(=O)c2ccccc2F)c1)c1ccccc1F. The normalized spacial score (nSPS) is 10.9. The van der Waals surface area contributed by atoms with Gasteiger partial charge in [0.25, 0.3) is 0 Å². The molecule has 0 radical (unpaired) electrons. The maximum atomic E-state index is 13.9. The van der Waals surface area contributed by atoms with Gasteiger partial charge >= 0.3 is 5.97 Å². The Kier molecular flexibility index (Phi) is 5.38. The van der Waals surface area contributed by atoms with E-state index in [-0.39, 0.29) is 22.4 Å². The van der Waals surface area contributed by atoms with Crippen LogP contribution in [0.3, 0.4) is 0 Å². The number of carbonyl (C=O) groups is 1. The van der Waals surface area contributed by atoms with Crippen molar-refractivity contribution in [3.05, 3.63) is 101 Å². The van der Waals surface area contributed by atoms with Gasteiger partial charge in [0, 0.05) is 5.56 Å². The number of ether oxygens (including phenoxy) is 1. The lowest BCUT2D eigenvalue weighted by molar-refractivity contribution is 0.0730. The van der Waals surface area contributed by atoms with Crippen molar-refractivity contribution in [2.24, 2.45) is 0 Å². The molecular formula is C22H13F2NO2. The van der Waals surface area contributed by atoms with Crippen molar-refractivity contribution in [1.82, 2.24) is 0 Å². The Labute approximate surface area is 154 Å². The first-order valence-electron chi connectivity index (χ1n) is 8.02. The molecular weight excluding hydrogens is 348 g/mol. The van der Waals surface area contributed by atoms with Crippen LogP contribution in [0, 0.1) is 23.0 Å². The number of halogens is 2. The summed E-state index contributed by atoms with van der Waals surface area (Å²) in [6.45, 7) is 0. The lowest BCUT2D eigenvalue weighted by Crippen LogP contribution is -2.10. The smallest absolute Gasteiger partial charge is 0.346 e. The molecule has 3 nitrogen and oxygen atoms in total. The second-order valence-corrected chi connectivity index (χ2v) is 5.59. The van der Waals surface area contributed by atoms with Crippen LogP contribution in [0.15, 0.2) is 72.8 Å². The number of carbonyl (C=O) groups excluding carboxylic acids is 1. The molecule has 0 atom stereocenters. The molecule has 3 rings (SSSR count). The Morgan fingerprint density at radius 1 is 0.889 bits per heavy atom. The summed E-state index contributed by atoms with van der Waals surface area (Å²) in [5, 5.41) is 9.35. The summed E-state index contributed by atoms with van der Waals surface area (Å²) in [5.74, 6) is -1.83. The molecule has 0 spiro atoms. The van der Waals surface area contributed by atoms with Gasteiger partial charge in [0.2, 0.25) is 0 Å². The van der Waals surface area contributed by atoms with Crippen LogP contribution in [0.4, 0.5) is 8.78 Å². The number of benzene rings is 3. The Morgan fingerprint density at radius 2 is 1.52 bits per heavy atom. The monoisotopic (exact) mass is 361 g/mol. The van der Waals surface area contributed by atoms with Gasteiger partial charge in [-0.05, 0) is 42.0 Å². The average Bonchev–Trinajstić information content (AvgIpc) is 2.67. The average molecular weight is 361 g/mol. The van der Waals surface area contributed by atoms with Crippen LogP contribution in [0.1, 0.15) is 21.5 Å². The highest BCUT2D eigenvalue weighted by Crippen LogP contribution is 2.23. The van der Waals surface area contributed by atoms with E-state index in [1.807, 2.05) is 6.07 Å². The van der Waals surface area contributed by atoms with Gasteiger partial charge in [-0.3, -0.25) is 0 Å². The van der Waals surface area contributed by atoms with Crippen molar-refractivity contribution in [2.45, 2.75) is 0 Å². The Morgan fingerprint density at radius 3 is 2.15 bits per heavy atom. The molecule has 132 valence electrons. The molecule has 3 aromatic rings. The van der Waals surface area contributed by atoms with E-state index in [2.05, 4.69) is 0 Å². The van der Waals surface area contributed by atoms with Crippen LogP contribution in [0.25, 0.3) is 11.6 Å². The van der Waals surface area contributed by atoms with Gasteiger partial charge in [-0.1, -0.05) is 42.5 Å². The quantitative estimate of drug-likeness (QED) is 0.276. The number of nitriles is 1. The number of hydrogen-bond acceptors (Lipinski definition) is 3. The number of rotatable bonds is 4. The third kappa shape index (κ3) is 4.25. The first kappa shape index (κ1) is 18.0. The highest BCUT2D eigenvalue weighted by molar-refractivity contribution is 5.92. The van der Waals surface area contributed by atoms with Gasteiger partial charge in [-0.15, -0.1) is 0 Å². The van der Waals surface area contributed by atoms with E-state index >= 15 is 0 Å². The highest BCUT2D eigenvalue weighted by atomic mass is 19.1. The Hall–Kier alpha value is -3.78. The lowest BCUT2D eigenvalue weighted by atomic mass is 10.0. The number of hydrogen-bond donors (Lipinski definition) is 0. The predicted molar refractivity (Wildman–Crippen MR) is 97.7 cm³/mol. The van der Waals surface area contributed by atoms with E-state index in [9.17, 15) is 18.8 Å². The van der Waals surface area contributed by atoms with Crippen molar-refractivity contribution in [3.63, 3.8) is 0 Å². The Bertz CT molecular complexity index is 1070. The number of allylic oxidation sites excluding steroid dienone is 1. The van der Waals surface area contributed by atoms with Gasteiger partial charge in [0.05, 0.1) is 17.2 Å². The molecule has 0 aromatic heterocycles. The summed E-state index contributed by atoms with van der Waals surface area (Å²) in [6, 6.07) is 19.8. The van der Waals surface area contributed by atoms with E-state index in [0.717, 1.165) is 0 Å². The summed E-state index contributed by atoms with van der Waals surface area (Å²) in [4.78, 5) is 12.1. The van der Waals surface area contributed by atoms with Gasteiger partial charge in [-0.2, -0.15) is 5.26 Å². The minimum absolute atomic E-state index is 0.130. The van der Waals surface area contributed by atoms with E-state index in [1.165, 1.54) is 60.7 Å². The van der Waals surface area contributed by atoms with Gasteiger partial charge < -0.3 is 4.74 Å². The number of nitrogens with zero attached hydrogens (tertiary/aromatic N) is 1.